The lowest BCUT2D eigenvalue weighted by Gasteiger charge is -2.38. The minimum absolute atomic E-state index is 0.0531. The van der Waals surface area contributed by atoms with E-state index in [9.17, 15) is 14.4 Å². The number of amides is 1. The van der Waals surface area contributed by atoms with Crippen molar-refractivity contribution in [3.8, 4) is 0 Å². The van der Waals surface area contributed by atoms with Gasteiger partial charge in [-0.15, -0.1) is 0 Å². The summed E-state index contributed by atoms with van der Waals surface area (Å²) in [7, 11) is 0. The molecule has 44 heavy (non-hydrogen) atoms. The summed E-state index contributed by atoms with van der Waals surface area (Å²) in [5, 5.41) is 6.98. The average molecular weight is 647 g/mol. The predicted octanol–water partition coefficient (Wildman–Crippen LogP) is 6.68. The number of carbonyl (C=O) groups is 3. The highest BCUT2D eigenvalue weighted by Crippen LogP contribution is 2.57. The van der Waals surface area contributed by atoms with E-state index in [0.717, 1.165) is 0 Å². The summed E-state index contributed by atoms with van der Waals surface area (Å²) in [6, 6.07) is 8.00. The van der Waals surface area contributed by atoms with Gasteiger partial charge in [-0.1, -0.05) is 62.2 Å². The van der Waals surface area contributed by atoms with Crippen LogP contribution in [0.5, 0.6) is 0 Å². The normalized spacial score (nSPS) is 30.6. The summed E-state index contributed by atoms with van der Waals surface area (Å²) < 4.78 is 21.7. The number of hydrogen-bond acceptors (Lipinski definition) is 6. The molecule has 7 nitrogen and oxygen atoms in total. The molecule has 5 rings (SSSR count). The minimum atomic E-state index is -1.28. The Bertz CT molecular complexity index is 1470. The number of benzene rings is 2. The van der Waals surface area contributed by atoms with Gasteiger partial charge < -0.3 is 21.1 Å². The van der Waals surface area contributed by atoms with Gasteiger partial charge in [0, 0.05) is 29.1 Å². The second-order valence-electron chi connectivity index (χ2n) is 14.4. The highest BCUT2D eigenvalue weighted by molar-refractivity contribution is 6.31. The Morgan fingerprint density at radius 1 is 1.16 bits per heavy atom. The van der Waals surface area contributed by atoms with Gasteiger partial charge in [0.05, 0.1) is 11.1 Å². The molecular weight excluding hydrogens is 604 g/mol. The number of Topliss-reactive ketones (excluding diaryl/α,β-unsaturated/α-hetero) is 1. The lowest BCUT2D eigenvalue weighted by Crippen LogP contribution is -2.49. The molecule has 0 radical (unpaired) electrons. The van der Waals surface area contributed by atoms with Crippen molar-refractivity contribution in [1.29, 1.82) is 0 Å². The maximum Gasteiger partial charge on any atom is 0.323 e. The maximum absolute atomic E-state index is 16.0. The van der Waals surface area contributed by atoms with E-state index in [0.29, 0.717) is 48.4 Å². The van der Waals surface area contributed by atoms with Crippen LogP contribution < -0.4 is 16.4 Å². The number of anilines is 1. The molecule has 10 heteroatoms. The third-order valence-corrected chi connectivity index (χ3v) is 10.2. The molecule has 1 spiro atoms. The van der Waals surface area contributed by atoms with Gasteiger partial charge in [-0.05, 0) is 86.6 Å². The molecule has 4 N–H and O–H groups in total. The van der Waals surface area contributed by atoms with Crippen LogP contribution in [0.3, 0.4) is 0 Å². The second kappa shape index (κ2) is 12.0. The number of ether oxygens (including phenoxy) is 1. The average Bonchev–Trinajstić information content (AvgIpc) is 3.40. The largest absolute Gasteiger partial charge is 0.458 e. The molecule has 0 unspecified atom stereocenters. The van der Waals surface area contributed by atoms with Crippen LogP contribution in [0.15, 0.2) is 36.4 Å². The van der Waals surface area contributed by atoms with Gasteiger partial charge in [0.2, 0.25) is 5.91 Å². The Balaban J connectivity index is 1.53. The highest BCUT2D eigenvalue weighted by Gasteiger charge is 2.66. The molecule has 0 aromatic heterocycles. The Hall–Kier alpha value is -2.52. The number of esters is 1. The molecule has 1 saturated carbocycles. The SMILES string of the molecule is C[C@H](N)C(=O)OC1(C)CCC(CC(=O)[C@@H]2N[C@H](CC(C)(C)C)[C@]3(C(=O)Nc4cc(Cl)ccc43)[C@H]2c2cccc(Cl)c2F)CC1. The molecular formula is C34H42Cl2FN3O4. The van der Waals surface area contributed by atoms with Crippen molar-refractivity contribution in [2.45, 2.75) is 108 Å². The molecule has 2 aliphatic heterocycles. The van der Waals surface area contributed by atoms with Crippen molar-refractivity contribution in [1.82, 2.24) is 5.32 Å². The van der Waals surface area contributed by atoms with E-state index < -0.39 is 46.8 Å². The Labute approximate surface area is 268 Å². The Morgan fingerprint density at radius 2 is 1.84 bits per heavy atom. The van der Waals surface area contributed by atoms with Crippen molar-refractivity contribution in [2.75, 3.05) is 5.32 Å². The monoisotopic (exact) mass is 645 g/mol. The van der Waals surface area contributed by atoms with Crippen molar-refractivity contribution in [3.05, 3.63) is 63.4 Å². The topological polar surface area (TPSA) is 111 Å². The van der Waals surface area contributed by atoms with Crippen molar-refractivity contribution in [3.63, 3.8) is 0 Å². The van der Waals surface area contributed by atoms with Gasteiger partial charge in [-0.3, -0.25) is 14.4 Å². The third kappa shape index (κ3) is 6.03. The fraction of sp³-hybridized carbons (Fsp3) is 0.559. The Morgan fingerprint density at radius 3 is 2.48 bits per heavy atom. The number of nitrogens with one attached hydrogen (secondary N) is 2. The molecule has 2 fully saturated rings. The third-order valence-electron chi connectivity index (χ3n) is 9.66. The van der Waals surface area contributed by atoms with Gasteiger partial charge >= 0.3 is 5.97 Å². The van der Waals surface area contributed by atoms with Crippen LogP contribution in [0.25, 0.3) is 0 Å². The molecule has 238 valence electrons. The quantitative estimate of drug-likeness (QED) is 0.290. The van der Waals surface area contributed by atoms with E-state index in [2.05, 4.69) is 31.4 Å². The standard InChI is InChI=1S/C34H42Cl2FN3O4/c1-18(38)30(42)44-33(5)13-11-19(12-14-33)15-25(41)29-27(21-7-6-8-23(36)28(21)37)34(26(40-29)17-32(2,3)4)22-10-9-20(35)16-24(22)39-31(34)43/h6-10,16,18-19,26-27,29,40H,11-15,17,38H2,1-5H3,(H,39,43)/t18-,19?,26+,27-,29-,33?,34-/m0/s1. The van der Waals surface area contributed by atoms with Gasteiger partial charge in [-0.25, -0.2) is 4.39 Å². The van der Waals surface area contributed by atoms with Crippen molar-refractivity contribution in [2.24, 2.45) is 17.1 Å². The summed E-state index contributed by atoms with van der Waals surface area (Å²) in [6.07, 6.45) is 3.41. The van der Waals surface area contributed by atoms with Crippen LogP contribution >= 0.6 is 23.2 Å². The zero-order valence-electron chi connectivity index (χ0n) is 25.9. The summed E-state index contributed by atoms with van der Waals surface area (Å²) in [5.41, 5.74) is 5.07. The fourth-order valence-corrected chi connectivity index (χ4v) is 7.90. The van der Waals surface area contributed by atoms with Crippen LogP contribution in [0.2, 0.25) is 10.0 Å². The molecule has 1 saturated heterocycles. The van der Waals surface area contributed by atoms with Gasteiger partial charge in [0.15, 0.2) is 5.78 Å². The zero-order valence-corrected chi connectivity index (χ0v) is 27.4. The predicted molar refractivity (Wildman–Crippen MR) is 170 cm³/mol. The molecule has 2 aromatic carbocycles. The maximum atomic E-state index is 16.0. The molecule has 5 atom stereocenters. The molecule has 1 amide bonds. The first kappa shape index (κ1) is 32.9. The number of nitrogens with two attached hydrogens (primary N) is 1. The van der Waals surface area contributed by atoms with E-state index in [4.69, 9.17) is 33.7 Å². The van der Waals surface area contributed by atoms with E-state index in [1.165, 1.54) is 6.07 Å². The lowest BCUT2D eigenvalue weighted by molar-refractivity contribution is -0.163. The van der Waals surface area contributed by atoms with Gasteiger partial charge in [0.25, 0.3) is 0 Å². The number of rotatable bonds is 7. The number of ketones is 1. The Kier molecular flexibility index (Phi) is 8.97. The van der Waals surface area contributed by atoms with E-state index in [1.54, 1.807) is 31.2 Å². The number of fused-ring (bicyclic) bond motifs is 2. The van der Waals surface area contributed by atoms with Crippen molar-refractivity contribution < 1.29 is 23.5 Å². The fourth-order valence-electron chi connectivity index (χ4n) is 7.55. The van der Waals surface area contributed by atoms with E-state index in [-0.39, 0.29) is 40.0 Å². The first-order valence-corrected chi connectivity index (χ1v) is 16.1. The first-order valence-electron chi connectivity index (χ1n) is 15.4. The molecule has 2 heterocycles. The van der Waals surface area contributed by atoms with Crippen molar-refractivity contribution >= 4 is 46.5 Å². The molecule has 2 aromatic rings. The molecule has 0 bridgehead atoms. The number of carbonyl (C=O) groups excluding carboxylic acids is 3. The van der Waals surface area contributed by atoms with Gasteiger partial charge in [-0.2, -0.15) is 0 Å². The summed E-state index contributed by atoms with van der Waals surface area (Å²) >= 11 is 12.6. The van der Waals surface area contributed by atoms with Crippen LogP contribution in [0, 0.1) is 17.2 Å². The second-order valence-corrected chi connectivity index (χ2v) is 15.2. The molecule has 3 aliphatic rings. The minimum Gasteiger partial charge on any atom is -0.458 e. The van der Waals surface area contributed by atoms with E-state index >= 15 is 4.39 Å². The number of halogens is 3. The van der Waals surface area contributed by atoms with Crippen LogP contribution in [0.4, 0.5) is 10.1 Å². The van der Waals surface area contributed by atoms with Gasteiger partial charge in [0.1, 0.15) is 22.9 Å². The lowest BCUT2D eigenvalue weighted by atomic mass is 9.62. The summed E-state index contributed by atoms with van der Waals surface area (Å²) in [4.78, 5) is 40.8. The number of hydrogen-bond donors (Lipinski definition) is 3. The van der Waals surface area contributed by atoms with E-state index in [1.807, 2.05) is 13.0 Å². The first-order chi connectivity index (χ1) is 20.6. The zero-order chi connectivity index (χ0) is 32.2. The highest BCUT2D eigenvalue weighted by atomic mass is 35.5. The van der Waals surface area contributed by atoms with Crippen LogP contribution in [0.1, 0.15) is 90.2 Å². The summed E-state index contributed by atoms with van der Waals surface area (Å²) in [5.74, 6) is -2.24. The summed E-state index contributed by atoms with van der Waals surface area (Å²) in [6.45, 7) is 9.75. The van der Waals surface area contributed by atoms with Crippen LogP contribution in [-0.2, 0) is 24.5 Å². The smallest absolute Gasteiger partial charge is 0.323 e. The van der Waals surface area contributed by atoms with Crippen LogP contribution in [-0.4, -0.2) is 41.4 Å². The molecule has 1 aliphatic carbocycles.